The van der Waals surface area contributed by atoms with Crippen molar-refractivity contribution in [2.75, 3.05) is 32.1 Å². The molecule has 2 aromatic carbocycles. The van der Waals surface area contributed by atoms with Crippen molar-refractivity contribution in [3.05, 3.63) is 69.8 Å². The number of rotatable bonds is 11. The molecule has 1 fully saturated rings. The molecule has 0 aromatic heterocycles. The van der Waals surface area contributed by atoms with Crippen LogP contribution in [0, 0.1) is 13.8 Å². The van der Waals surface area contributed by atoms with E-state index in [9.17, 15) is 28.8 Å². The molecule has 14 heteroatoms. The van der Waals surface area contributed by atoms with Gasteiger partial charge < -0.3 is 38.6 Å². The Kier molecular flexibility index (Phi) is 13.2. The number of carbonyl (C=O) groups excluding carboxylic acids is 6. The van der Waals surface area contributed by atoms with Crippen LogP contribution in [0.25, 0.3) is 6.08 Å². The number of aryl methyl sites for hydroxylation is 2. The zero-order valence-electron chi connectivity index (χ0n) is 31.6. The van der Waals surface area contributed by atoms with Crippen molar-refractivity contribution in [2.24, 2.45) is 0 Å². The summed E-state index contributed by atoms with van der Waals surface area (Å²) in [5.41, 5.74) is 5.47. The average Bonchev–Trinajstić information content (AvgIpc) is 3.05. The highest BCUT2D eigenvalue weighted by molar-refractivity contribution is 6.05. The van der Waals surface area contributed by atoms with Crippen LogP contribution >= 0.6 is 0 Å². The van der Waals surface area contributed by atoms with Gasteiger partial charge in [-0.2, -0.15) is 0 Å². The Hall–Kier alpha value is -5.08. The van der Waals surface area contributed by atoms with E-state index in [1.165, 1.54) is 4.90 Å². The van der Waals surface area contributed by atoms with Crippen LogP contribution < -0.4 is 5.32 Å². The number of para-hydroxylation sites is 1. The van der Waals surface area contributed by atoms with E-state index >= 15 is 0 Å². The van der Waals surface area contributed by atoms with Crippen molar-refractivity contribution in [3.8, 4) is 0 Å². The second-order valence-corrected chi connectivity index (χ2v) is 14.1. The number of ether oxygens (including phenoxy) is 6. The van der Waals surface area contributed by atoms with E-state index in [0.717, 1.165) is 55.7 Å². The molecule has 0 radical (unpaired) electrons. The number of fused-ring (bicyclic) bond motifs is 1. The topological polar surface area (TPSA) is 173 Å². The summed E-state index contributed by atoms with van der Waals surface area (Å²) in [5, 5.41) is 2.99. The molecule has 286 valence electrons. The van der Waals surface area contributed by atoms with Crippen LogP contribution in [0.5, 0.6) is 0 Å². The molecule has 4 rings (SSSR count). The minimum Gasteiger partial charge on any atom is -0.467 e. The first kappa shape index (κ1) is 40.7. The highest BCUT2D eigenvalue weighted by Gasteiger charge is 2.55. The Balaban J connectivity index is 1.67. The van der Waals surface area contributed by atoms with Gasteiger partial charge in [0.05, 0.1) is 20.3 Å². The summed E-state index contributed by atoms with van der Waals surface area (Å²) in [7, 11) is 1.09. The van der Waals surface area contributed by atoms with Crippen molar-refractivity contribution in [2.45, 2.75) is 97.9 Å². The highest BCUT2D eigenvalue weighted by atomic mass is 16.7. The zero-order chi connectivity index (χ0) is 39.2. The van der Waals surface area contributed by atoms with Crippen molar-refractivity contribution >= 4 is 47.5 Å². The van der Waals surface area contributed by atoms with E-state index in [1.54, 1.807) is 12.1 Å². The molecule has 1 saturated heterocycles. The quantitative estimate of drug-likeness (QED) is 0.256. The molecule has 0 saturated carbocycles. The number of hydrogen-bond donors (Lipinski definition) is 1. The number of hydrogen-bond acceptors (Lipinski definition) is 12. The molecule has 1 N–H and O–H groups in total. The van der Waals surface area contributed by atoms with Gasteiger partial charge in [-0.15, -0.1) is 0 Å². The Morgan fingerprint density at radius 3 is 2.15 bits per heavy atom. The fraction of sp³-hybridized carbons (Fsp3) is 0.487. The molecule has 2 aromatic rings. The summed E-state index contributed by atoms with van der Waals surface area (Å²) >= 11 is 0. The third-order valence-electron chi connectivity index (χ3n) is 8.78. The third-order valence-corrected chi connectivity index (χ3v) is 8.78. The number of benzene rings is 2. The SMILES string of the molecule is COC(=O)[C@H]1O[C@@H](OCCN(CC2=Cc3cc(C)cc(C)c3CC2=O)C(=O)Nc2ccccc2C(C)(C)C)[C@H](OC(C)=O)[C@@H](OC(C)=O)[C@@H]1OC(C)=O. The maximum Gasteiger partial charge on any atom is 0.339 e. The number of anilines is 1. The standard InChI is InChI=1S/C39H48N2O12/c1-21-16-22(2)28-19-31(45)27(18-26(28)17-21)20-41(38(47)40-30-13-11-10-12-29(30)39(6,7)8)14-15-49-37-35(52-25(5)44)33(51-24(4)43)32(50-23(3)42)34(53-37)36(46)48-9/h10-13,16-18,32-35,37H,14-15,19-20H2,1-9H3,(H,40,47)/t32-,33-,34-,35+,37+/m0/s1. The number of amides is 2. The van der Waals surface area contributed by atoms with Gasteiger partial charge in [0, 0.05) is 45.0 Å². The Bertz CT molecular complexity index is 1780. The molecule has 1 aliphatic heterocycles. The molecule has 0 bridgehead atoms. The maximum absolute atomic E-state index is 14.1. The summed E-state index contributed by atoms with van der Waals surface area (Å²) in [4.78, 5) is 78.3. The lowest BCUT2D eigenvalue weighted by Gasteiger charge is -2.43. The van der Waals surface area contributed by atoms with E-state index in [2.05, 4.69) is 5.32 Å². The van der Waals surface area contributed by atoms with E-state index in [0.29, 0.717) is 11.3 Å². The van der Waals surface area contributed by atoms with E-state index in [-0.39, 0.29) is 37.3 Å². The number of nitrogens with zero attached hydrogens (tertiary/aromatic N) is 1. The smallest absolute Gasteiger partial charge is 0.339 e. The number of Topliss-reactive ketones (excluding diaryl/α,β-unsaturated/α-hetero) is 1. The predicted molar refractivity (Wildman–Crippen MR) is 192 cm³/mol. The summed E-state index contributed by atoms with van der Waals surface area (Å²) < 4.78 is 32.9. The molecule has 0 spiro atoms. The van der Waals surface area contributed by atoms with Crippen LogP contribution in [0.3, 0.4) is 0 Å². The maximum atomic E-state index is 14.1. The largest absolute Gasteiger partial charge is 0.467 e. The first-order valence-corrected chi connectivity index (χ1v) is 17.3. The molecule has 0 unspecified atom stereocenters. The molecule has 53 heavy (non-hydrogen) atoms. The molecular formula is C39H48N2O12. The van der Waals surface area contributed by atoms with Gasteiger partial charge in [0.2, 0.25) is 0 Å². The van der Waals surface area contributed by atoms with Crippen LogP contribution in [-0.2, 0) is 64.2 Å². The number of nitrogens with one attached hydrogen (secondary N) is 1. The van der Waals surface area contributed by atoms with Crippen LogP contribution in [0.15, 0.2) is 42.0 Å². The van der Waals surface area contributed by atoms with Gasteiger partial charge in [0.25, 0.3) is 0 Å². The number of carbonyl (C=O) groups is 6. The predicted octanol–water partition coefficient (Wildman–Crippen LogP) is 4.35. The lowest BCUT2D eigenvalue weighted by Crippen LogP contribution is -2.64. The Morgan fingerprint density at radius 2 is 1.53 bits per heavy atom. The molecule has 14 nitrogen and oxygen atoms in total. The zero-order valence-corrected chi connectivity index (χ0v) is 31.6. The Labute approximate surface area is 309 Å². The lowest BCUT2D eigenvalue weighted by molar-refractivity contribution is -0.301. The summed E-state index contributed by atoms with van der Waals surface area (Å²) in [6, 6.07) is 10.9. The van der Waals surface area contributed by atoms with E-state index in [1.807, 2.05) is 65.0 Å². The van der Waals surface area contributed by atoms with Gasteiger partial charge in [0.15, 0.2) is 36.5 Å². The number of ketones is 1. The molecular weight excluding hydrogens is 688 g/mol. The highest BCUT2D eigenvalue weighted by Crippen LogP contribution is 2.32. The van der Waals surface area contributed by atoms with Gasteiger partial charge in [-0.05, 0) is 53.7 Å². The van der Waals surface area contributed by atoms with Crippen LogP contribution in [0.4, 0.5) is 10.5 Å². The number of esters is 4. The summed E-state index contributed by atoms with van der Waals surface area (Å²) in [6.07, 6.45) is -5.82. The molecule has 1 heterocycles. The molecule has 1 aliphatic carbocycles. The van der Waals surface area contributed by atoms with Crippen molar-refractivity contribution in [1.29, 1.82) is 0 Å². The fourth-order valence-electron chi connectivity index (χ4n) is 6.47. The molecule has 2 amide bonds. The van der Waals surface area contributed by atoms with Crippen LogP contribution in [-0.4, -0.2) is 98.1 Å². The average molecular weight is 737 g/mol. The van der Waals surface area contributed by atoms with Crippen molar-refractivity contribution in [3.63, 3.8) is 0 Å². The second-order valence-electron chi connectivity index (χ2n) is 14.1. The van der Waals surface area contributed by atoms with E-state index in [4.69, 9.17) is 28.4 Å². The lowest BCUT2D eigenvalue weighted by atomic mass is 9.86. The van der Waals surface area contributed by atoms with Crippen molar-refractivity contribution in [1.82, 2.24) is 4.90 Å². The Morgan fingerprint density at radius 1 is 0.906 bits per heavy atom. The monoisotopic (exact) mass is 736 g/mol. The van der Waals surface area contributed by atoms with Crippen molar-refractivity contribution < 1.29 is 57.2 Å². The fourth-order valence-corrected chi connectivity index (χ4v) is 6.47. The minimum absolute atomic E-state index is 0.0770. The van der Waals surface area contributed by atoms with Gasteiger partial charge in [0.1, 0.15) is 0 Å². The third kappa shape index (κ3) is 10.3. The molecule has 5 atom stereocenters. The second kappa shape index (κ2) is 17.2. The van der Waals surface area contributed by atoms with E-state index < -0.39 is 60.6 Å². The number of methoxy groups -OCH3 is 1. The first-order chi connectivity index (χ1) is 24.9. The van der Waals surface area contributed by atoms with Crippen LogP contribution in [0.1, 0.15) is 69.4 Å². The van der Waals surface area contributed by atoms with Gasteiger partial charge in [-0.1, -0.05) is 56.7 Å². The van der Waals surface area contributed by atoms with Gasteiger partial charge >= 0.3 is 29.9 Å². The van der Waals surface area contributed by atoms with Crippen LogP contribution in [0.2, 0.25) is 0 Å². The number of urea groups is 1. The van der Waals surface area contributed by atoms with Gasteiger partial charge in [-0.3, -0.25) is 19.2 Å². The van der Waals surface area contributed by atoms with Gasteiger partial charge in [-0.25, -0.2) is 9.59 Å². The first-order valence-electron chi connectivity index (χ1n) is 17.3. The normalized spacial score (nSPS) is 21.0. The minimum atomic E-state index is -1.64. The summed E-state index contributed by atoms with van der Waals surface area (Å²) in [5.74, 6) is -3.58. The summed E-state index contributed by atoms with van der Waals surface area (Å²) in [6.45, 7) is 12.8. The molecule has 2 aliphatic rings.